The van der Waals surface area contributed by atoms with Crippen LogP contribution in [0.4, 0.5) is 4.39 Å². The maximum Gasteiger partial charge on any atom is 0.243 e. The third-order valence-corrected chi connectivity index (χ3v) is 6.91. The van der Waals surface area contributed by atoms with Crippen LogP contribution in [0.5, 0.6) is 0 Å². The fraction of sp³-hybridized carbons (Fsp3) is 0.600. The molecule has 1 aromatic carbocycles. The molecular formula is C15H20BrFN2O2S. The summed E-state index contributed by atoms with van der Waals surface area (Å²) in [4.78, 5) is 0.0255. The van der Waals surface area contributed by atoms with Crippen molar-refractivity contribution < 1.29 is 12.8 Å². The van der Waals surface area contributed by atoms with E-state index in [1.54, 1.807) is 0 Å². The van der Waals surface area contributed by atoms with Crippen LogP contribution in [0.25, 0.3) is 0 Å². The van der Waals surface area contributed by atoms with Gasteiger partial charge in [-0.1, -0.05) is 0 Å². The zero-order valence-corrected chi connectivity index (χ0v) is 14.7. The first-order valence-electron chi connectivity index (χ1n) is 7.65. The summed E-state index contributed by atoms with van der Waals surface area (Å²) in [6.45, 7) is 2.03. The first kappa shape index (κ1) is 16.4. The molecule has 0 radical (unpaired) electrons. The first-order chi connectivity index (χ1) is 10.5. The lowest BCUT2D eigenvalue weighted by Crippen LogP contribution is -2.45. The van der Waals surface area contributed by atoms with E-state index in [1.165, 1.54) is 29.3 Å². The molecule has 7 heteroatoms. The molecule has 2 aliphatic rings. The molecule has 0 spiro atoms. The number of halogens is 2. The van der Waals surface area contributed by atoms with Crippen molar-refractivity contribution in [2.45, 2.75) is 36.6 Å². The van der Waals surface area contributed by atoms with Gasteiger partial charge in [0, 0.05) is 19.1 Å². The molecule has 1 saturated heterocycles. The van der Waals surface area contributed by atoms with Gasteiger partial charge in [0.1, 0.15) is 5.82 Å². The Morgan fingerprint density at radius 2 is 1.91 bits per heavy atom. The molecule has 0 amide bonds. The van der Waals surface area contributed by atoms with Crippen LogP contribution in [0.2, 0.25) is 0 Å². The molecule has 122 valence electrons. The molecule has 1 aliphatic heterocycles. The predicted molar refractivity (Wildman–Crippen MR) is 86.6 cm³/mol. The molecular weight excluding hydrogens is 371 g/mol. The number of benzene rings is 1. The maximum atomic E-state index is 13.6. The molecule has 0 bridgehead atoms. The summed E-state index contributed by atoms with van der Waals surface area (Å²) < 4.78 is 40.4. The molecule has 0 atom stereocenters. The molecule has 22 heavy (non-hydrogen) atoms. The summed E-state index contributed by atoms with van der Waals surface area (Å²) in [5.41, 5.74) is 0. The summed E-state index contributed by atoms with van der Waals surface area (Å²) in [6.07, 6.45) is 4.25. The summed E-state index contributed by atoms with van der Waals surface area (Å²) >= 11 is 3.04. The summed E-state index contributed by atoms with van der Waals surface area (Å²) in [5.74, 6) is 0.273. The zero-order valence-electron chi connectivity index (χ0n) is 12.3. The Hall–Kier alpha value is -0.500. The summed E-state index contributed by atoms with van der Waals surface area (Å²) in [5, 5.41) is 3.52. The highest BCUT2D eigenvalue weighted by atomic mass is 79.9. The SMILES string of the molecule is O=S(=O)(c1ccc(Br)c(F)c1)N1CCC(NCC2CC2)CC1. The second-order valence-electron chi connectivity index (χ2n) is 6.11. The van der Waals surface area contributed by atoms with Gasteiger partial charge in [0.15, 0.2) is 0 Å². The standard InChI is InChI=1S/C15H20BrFN2O2S/c16-14-4-3-13(9-15(14)17)22(20,21)19-7-5-12(6-8-19)18-10-11-1-2-11/h3-4,9,11-12,18H,1-2,5-8,10H2. The Labute approximate surface area is 139 Å². The fourth-order valence-corrected chi connectivity index (χ4v) is 4.47. The van der Waals surface area contributed by atoms with E-state index in [2.05, 4.69) is 21.2 Å². The lowest BCUT2D eigenvalue weighted by Gasteiger charge is -2.31. The number of rotatable bonds is 5. The molecule has 1 saturated carbocycles. The van der Waals surface area contributed by atoms with E-state index < -0.39 is 15.8 Å². The highest BCUT2D eigenvalue weighted by Gasteiger charge is 2.30. The number of piperidine rings is 1. The average Bonchev–Trinajstić information content (AvgIpc) is 3.32. The molecule has 0 aromatic heterocycles. The molecule has 0 unspecified atom stereocenters. The number of sulfonamides is 1. The van der Waals surface area contributed by atoms with Gasteiger partial charge in [-0.15, -0.1) is 0 Å². The number of nitrogens with zero attached hydrogens (tertiary/aromatic N) is 1. The average molecular weight is 391 g/mol. The van der Waals surface area contributed by atoms with Gasteiger partial charge in [-0.05, 0) is 72.3 Å². The predicted octanol–water partition coefficient (Wildman–Crippen LogP) is 2.74. The molecule has 1 aliphatic carbocycles. The second kappa shape index (κ2) is 6.55. The van der Waals surface area contributed by atoms with E-state index in [1.807, 2.05) is 0 Å². The van der Waals surface area contributed by atoms with Crippen LogP contribution in [-0.2, 0) is 10.0 Å². The summed E-state index contributed by atoms with van der Waals surface area (Å²) in [7, 11) is -3.60. The Balaban J connectivity index is 1.62. The van der Waals surface area contributed by atoms with Crippen molar-refractivity contribution in [2.24, 2.45) is 5.92 Å². The van der Waals surface area contributed by atoms with Crippen LogP contribution in [0.1, 0.15) is 25.7 Å². The smallest absolute Gasteiger partial charge is 0.243 e. The zero-order chi connectivity index (χ0) is 15.7. The van der Waals surface area contributed by atoms with Gasteiger partial charge in [-0.3, -0.25) is 0 Å². The third kappa shape index (κ3) is 3.69. The topological polar surface area (TPSA) is 49.4 Å². The van der Waals surface area contributed by atoms with Crippen LogP contribution in [0, 0.1) is 11.7 Å². The molecule has 2 fully saturated rings. The van der Waals surface area contributed by atoms with E-state index in [0.717, 1.165) is 31.4 Å². The van der Waals surface area contributed by atoms with Crippen molar-refractivity contribution in [1.29, 1.82) is 0 Å². The fourth-order valence-electron chi connectivity index (χ4n) is 2.74. The van der Waals surface area contributed by atoms with E-state index >= 15 is 0 Å². The molecule has 1 N–H and O–H groups in total. The van der Waals surface area contributed by atoms with Crippen LogP contribution < -0.4 is 5.32 Å². The minimum atomic E-state index is -3.60. The first-order valence-corrected chi connectivity index (χ1v) is 9.89. The Bertz CT molecular complexity index is 641. The van der Waals surface area contributed by atoms with Crippen molar-refractivity contribution in [2.75, 3.05) is 19.6 Å². The van der Waals surface area contributed by atoms with Gasteiger partial charge in [0.2, 0.25) is 10.0 Å². The van der Waals surface area contributed by atoms with Crippen molar-refractivity contribution in [3.8, 4) is 0 Å². The normalized spacial score (nSPS) is 21.2. The van der Waals surface area contributed by atoms with Crippen LogP contribution in [0.3, 0.4) is 0 Å². The molecule has 1 aromatic rings. The van der Waals surface area contributed by atoms with Crippen molar-refractivity contribution >= 4 is 26.0 Å². The largest absolute Gasteiger partial charge is 0.314 e. The minimum absolute atomic E-state index is 0.0255. The van der Waals surface area contributed by atoms with Crippen LogP contribution in [0.15, 0.2) is 27.6 Å². The van der Waals surface area contributed by atoms with Crippen LogP contribution >= 0.6 is 15.9 Å². The van der Waals surface area contributed by atoms with Gasteiger partial charge in [-0.2, -0.15) is 4.31 Å². The van der Waals surface area contributed by atoms with E-state index in [0.29, 0.717) is 19.1 Å². The highest BCUT2D eigenvalue weighted by molar-refractivity contribution is 9.10. The van der Waals surface area contributed by atoms with Crippen molar-refractivity contribution in [1.82, 2.24) is 9.62 Å². The minimum Gasteiger partial charge on any atom is -0.314 e. The lowest BCUT2D eigenvalue weighted by atomic mass is 10.1. The monoisotopic (exact) mass is 390 g/mol. The lowest BCUT2D eigenvalue weighted by molar-refractivity contribution is 0.288. The van der Waals surface area contributed by atoms with Crippen molar-refractivity contribution in [3.63, 3.8) is 0 Å². The molecule has 4 nitrogen and oxygen atoms in total. The Morgan fingerprint density at radius 1 is 1.23 bits per heavy atom. The van der Waals surface area contributed by atoms with E-state index in [-0.39, 0.29) is 9.37 Å². The maximum absolute atomic E-state index is 13.6. The van der Waals surface area contributed by atoms with Gasteiger partial charge >= 0.3 is 0 Å². The van der Waals surface area contributed by atoms with Gasteiger partial charge in [0.05, 0.1) is 9.37 Å². The quantitative estimate of drug-likeness (QED) is 0.840. The number of hydrogen-bond acceptors (Lipinski definition) is 3. The van der Waals surface area contributed by atoms with E-state index in [4.69, 9.17) is 0 Å². The van der Waals surface area contributed by atoms with Gasteiger partial charge < -0.3 is 5.32 Å². The Kier molecular flexibility index (Phi) is 4.87. The number of nitrogens with one attached hydrogen (secondary N) is 1. The third-order valence-electron chi connectivity index (χ3n) is 4.37. The number of hydrogen-bond donors (Lipinski definition) is 1. The van der Waals surface area contributed by atoms with Crippen molar-refractivity contribution in [3.05, 3.63) is 28.5 Å². The second-order valence-corrected chi connectivity index (χ2v) is 8.90. The molecule has 3 rings (SSSR count). The molecule has 1 heterocycles. The Morgan fingerprint density at radius 3 is 2.50 bits per heavy atom. The van der Waals surface area contributed by atoms with Gasteiger partial charge in [-0.25, -0.2) is 12.8 Å². The summed E-state index contributed by atoms with van der Waals surface area (Å²) in [6, 6.07) is 4.36. The van der Waals surface area contributed by atoms with Gasteiger partial charge in [0.25, 0.3) is 0 Å². The highest BCUT2D eigenvalue weighted by Crippen LogP contribution is 2.28. The van der Waals surface area contributed by atoms with Crippen LogP contribution in [-0.4, -0.2) is 38.4 Å². The van der Waals surface area contributed by atoms with E-state index in [9.17, 15) is 12.8 Å².